The summed E-state index contributed by atoms with van der Waals surface area (Å²) < 4.78 is 2.06. The summed E-state index contributed by atoms with van der Waals surface area (Å²) in [5, 5.41) is 18.9. The van der Waals surface area contributed by atoms with Gasteiger partial charge in [0.15, 0.2) is 11.0 Å². The van der Waals surface area contributed by atoms with E-state index in [2.05, 4.69) is 46.8 Å². The molecule has 0 aliphatic carbocycles. The lowest BCUT2D eigenvalue weighted by atomic mass is 9.99. The average molecular weight is 435 g/mol. The standard InChI is InChI=1S/C24H26N4O2S/c1-3-28-23(20-6-4-5-17(2)15-20)25-26-24(28)31-16-22(30)27-13-11-19(12-14-27)18-7-9-21(29)10-8-18/h4-11,15,29H,3,12-14,16H2,1-2H3. The molecular weight excluding hydrogens is 408 g/mol. The second kappa shape index (κ2) is 9.39. The zero-order chi connectivity index (χ0) is 21.8. The molecule has 4 rings (SSSR count). The zero-order valence-corrected chi connectivity index (χ0v) is 18.6. The van der Waals surface area contributed by atoms with Crippen molar-refractivity contribution in [2.24, 2.45) is 0 Å². The van der Waals surface area contributed by atoms with Gasteiger partial charge in [-0.25, -0.2) is 0 Å². The maximum absolute atomic E-state index is 12.8. The van der Waals surface area contributed by atoms with E-state index < -0.39 is 0 Å². The Morgan fingerprint density at radius 3 is 2.61 bits per heavy atom. The lowest BCUT2D eigenvalue weighted by molar-refractivity contribution is -0.127. The second-order valence-corrected chi connectivity index (χ2v) is 8.52. The fraction of sp³-hybridized carbons (Fsp3) is 0.292. The van der Waals surface area contributed by atoms with E-state index >= 15 is 0 Å². The molecule has 0 bridgehead atoms. The smallest absolute Gasteiger partial charge is 0.233 e. The number of hydrogen-bond acceptors (Lipinski definition) is 5. The summed E-state index contributed by atoms with van der Waals surface area (Å²) in [4.78, 5) is 14.6. The molecule has 2 heterocycles. The first-order valence-electron chi connectivity index (χ1n) is 10.4. The summed E-state index contributed by atoms with van der Waals surface area (Å²) in [6.45, 7) is 6.17. The number of phenolic OH excluding ortho intramolecular Hbond substituents is 1. The van der Waals surface area contributed by atoms with E-state index in [0.29, 0.717) is 18.8 Å². The van der Waals surface area contributed by atoms with Crippen LogP contribution in [0.5, 0.6) is 5.75 Å². The summed E-state index contributed by atoms with van der Waals surface area (Å²) in [5.74, 6) is 1.54. The maximum Gasteiger partial charge on any atom is 0.233 e. The van der Waals surface area contributed by atoms with Gasteiger partial charge in [0.05, 0.1) is 5.75 Å². The first-order chi connectivity index (χ1) is 15.0. The third-order valence-electron chi connectivity index (χ3n) is 5.43. The number of aromatic hydroxyl groups is 1. The minimum Gasteiger partial charge on any atom is -0.508 e. The number of aryl methyl sites for hydroxylation is 1. The Hall–Kier alpha value is -3.06. The van der Waals surface area contributed by atoms with Crippen LogP contribution in [-0.4, -0.2) is 49.5 Å². The summed E-state index contributed by atoms with van der Waals surface area (Å²) in [7, 11) is 0. The van der Waals surface area contributed by atoms with E-state index in [-0.39, 0.29) is 11.7 Å². The van der Waals surface area contributed by atoms with E-state index in [4.69, 9.17) is 0 Å². The Balaban J connectivity index is 1.39. The van der Waals surface area contributed by atoms with Crippen LogP contribution in [0, 0.1) is 6.92 Å². The van der Waals surface area contributed by atoms with Crippen LogP contribution < -0.4 is 0 Å². The zero-order valence-electron chi connectivity index (χ0n) is 17.8. The van der Waals surface area contributed by atoms with Crippen LogP contribution in [0.4, 0.5) is 0 Å². The van der Waals surface area contributed by atoms with Crippen molar-refractivity contribution >= 4 is 23.2 Å². The molecule has 1 aromatic heterocycles. The monoisotopic (exact) mass is 434 g/mol. The Morgan fingerprint density at radius 1 is 1.13 bits per heavy atom. The Kier molecular flexibility index (Phi) is 6.42. The molecule has 0 saturated heterocycles. The van der Waals surface area contributed by atoms with Gasteiger partial charge >= 0.3 is 0 Å². The van der Waals surface area contributed by atoms with Crippen LogP contribution in [0.25, 0.3) is 17.0 Å². The van der Waals surface area contributed by atoms with Crippen molar-refractivity contribution in [1.82, 2.24) is 19.7 Å². The summed E-state index contributed by atoms with van der Waals surface area (Å²) >= 11 is 1.44. The number of benzene rings is 2. The van der Waals surface area contributed by atoms with Gasteiger partial charge in [0.1, 0.15) is 5.75 Å². The Morgan fingerprint density at radius 2 is 1.94 bits per heavy atom. The van der Waals surface area contributed by atoms with Crippen molar-refractivity contribution in [3.63, 3.8) is 0 Å². The summed E-state index contributed by atoms with van der Waals surface area (Å²) in [6, 6.07) is 15.4. The quantitative estimate of drug-likeness (QED) is 0.583. The molecule has 0 radical (unpaired) electrons. The number of amides is 1. The van der Waals surface area contributed by atoms with Gasteiger partial charge in [-0.15, -0.1) is 10.2 Å². The van der Waals surface area contributed by atoms with Crippen LogP contribution in [0.1, 0.15) is 24.5 Å². The highest BCUT2D eigenvalue weighted by Gasteiger charge is 2.20. The van der Waals surface area contributed by atoms with Gasteiger partial charge in [-0.3, -0.25) is 4.79 Å². The van der Waals surface area contributed by atoms with E-state index in [1.54, 1.807) is 12.1 Å². The number of phenols is 1. The normalized spacial score (nSPS) is 13.9. The third-order valence-corrected chi connectivity index (χ3v) is 6.39. The van der Waals surface area contributed by atoms with Crippen molar-refractivity contribution in [3.05, 3.63) is 65.7 Å². The van der Waals surface area contributed by atoms with Crippen LogP contribution in [0.3, 0.4) is 0 Å². The minimum atomic E-state index is 0.105. The van der Waals surface area contributed by atoms with Crippen LogP contribution in [0.2, 0.25) is 0 Å². The number of nitrogens with zero attached hydrogens (tertiary/aromatic N) is 4. The van der Waals surface area contributed by atoms with E-state index in [1.807, 2.05) is 29.2 Å². The first-order valence-corrected chi connectivity index (χ1v) is 11.4. The fourth-order valence-corrected chi connectivity index (χ4v) is 4.63. The van der Waals surface area contributed by atoms with Crippen molar-refractivity contribution < 1.29 is 9.90 Å². The van der Waals surface area contributed by atoms with E-state index in [0.717, 1.165) is 35.1 Å². The molecule has 0 atom stereocenters. The first kappa shape index (κ1) is 21.2. The largest absolute Gasteiger partial charge is 0.508 e. The molecule has 1 amide bonds. The second-order valence-electron chi connectivity index (χ2n) is 7.57. The third kappa shape index (κ3) is 4.82. The molecule has 1 N–H and O–H groups in total. The molecule has 0 unspecified atom stereocenters. The number of thioether (sulfide) groups is 1. The van der Waals surface area contributed by atoms with E-state index in [1.165, 1.54) is 22.9 Å². The van der Waals surface area contributed by atoms with Gasteiger partial charge in [-0.1, -0.05) is 53.7 Å². The lowest BCUT2D eigenvalue weighted by Crippen LogP contribution is -2.35. The molecule has 2 aromatic carbocycles. The van der Waals surface area contributed by atoms with Crippen LogP contribution >= 0.6 is 11.8 Å². The number of aromatic nitrogens is 3. The predicted molar refractivity (Wildman–Crippen MR) is 124 cm³/mol. The Bertz CT molecular complexity index is 1110. The van der Waals surface area contributed by atoms with Crippen molar-refractivity contribution in [1.29, 1.82) is 0 Å². The van der Waals surface area contributed by atoms with Crippen LogP contribution in [-0.2, 0) is 11.3 Å². The van der Waals surface area contributed by atoms with Crippen molar-refractivity contribution in [3.8, 4) is 17.1 Å². The Labute approximate surface area is 186 Å². The highest BCUT2D eigenvalue weighted by molar-refractivity contribution is 7.99. The molecule has 31 heavy (non-hydrogen) atoms. The predicted octanol–water partition coefficient (Wildman–Crippen LogP) is 4.39. The molecule has 0 spiro atoms. The summed E-state index contributed by atoms with van der Waals surface area (Å²) in [6.07, 6.45) is 2.91. The molecule has 0 saturated carbocycles. The average Bonchev–Trinajstić information content (AvgIpc) is 3.21. The summed E-state index contributed by atoms with van der Waals surface area (Å²) in [5.41, 5.74) is 4.53. The van der Waals surface area contributed by atoms with E-state index in [9.17, 15) is 9.90 Å². The number of carbonyl (C=O) groups is 1. The molecule has 0 fully saturated rings. The van der Waals surface area contributed by atoms with Crippen LogP contribution in [0.15, 0.2) is 59.8 Å². The molecule has 1 aliphatic rings. The molecular formula is C24H26N4O2S. The topological polar surface area (TPSA) is 71.2 Å². The maximum atomic E-state index is 12.8. The number of hydrogen-bond donors (Lipinski definition) is 1. The van der Waals surface area contributed by atoms with Gasteiger partial charge in [-0.2, -0.15) is 0 Å². The number of carbonyl (C=O) groups excluding carboxylic acids is 1. The lowest BCUT2D eigenvalue weighted by Gasteiger charge is -2.26. The molecule has 1 aliphatic heterocycles. The van der Waals surface area contributed by atoms with Crippen molar-refractivity contribution in [2.45, 2.75) is 32.0 Å². The molecule has 3 aromatic rings. The molecule has 7 heteroatoms. The highest BCUT2D eigenvalue weighted by atomic mass is 32.2. The fourth-order valence-electron chi connectivity index (χ4n) is 3.73. The van der Waals surface area contributed by atoms with Crippen molar-refractivity contribution in [2.75, 3.05) is 18.8 Å². The minimum absolute atomic E-state index is 0.105. The van der Waals surface area contributed by atoms with Gasteiger partial charge < -0.3 is 14.6 Å². The SMILES string of the molecule is CCn1c(SCC(=O)N2CC=C(c3ccc(O)cc3)CC2)nnc1-c1cccc(C)c1. The molecule has 6 nitrogen and oxygen atoms in total. The van der Waals surface area contributed by atoms with Gasteiger partial charge in [0, 0.05) is 25.2 Å². The van der Waals surface area contributed by atoms with Gasteiger partial charge in [-0.05, 0) is 49.6 Å². The van der Waals surface area contributed by atoms with Gasteiger partial charge in [0.25, 0.3) is 0 Å². The number of rotatable bonds is 6. The molecule has 160 valence electrons. The highest BCUT2D eigenvalue weighted by Crippen LogP contribution is 2.27. The van der Waals surface area contributed by atoms with Gasteiger partial charge in [0.2, 0.25) is 5.91 Å².